The predicted octanol–water partition coefficient (Wildman–Crippen LogP) is -1.97. The lowest BCUT2D eigenvalue weighted by Gasteiger charge is -2.48. The minimum atomic E-state index is -1.75. The molecule has 0 saturated carbocycles. The van der Waals surface area contributed by atoms with Gasteiger partial charge in [-0.25, -0.2) is 0 Å². The van der Waals surface area contributed by atoms with Crippen molar-refractivity contribution >= 4 is 35.8 Å². The zero-order chi connectivity index (χ0) is 31.0. The van der Waals surface area contributed by atoms with E-state index < -0.39 is 110 Å². The average molecular weight is 595 g/mol. The molecule has 0 amide bonds. The van der Waals surface area contributed by atoms with E-state index in [1.54, 1.807) is 0 Å². The lowest BCUT2D eigenvalue weighted by molar-refractivity contribution is -0.357. The molecular weight excluding hydrogens is 560 g/mol. The minimum Gasteiger partial charge on any atom is -0.463 e. The van der Waals surface area contributed by atoms with Crippen LogP contribution in [0.2, 0.25) is 0 Å². The molecule has 0 aliphatic carbocycles. The molecule has 0 aromatic rings. The predicted molar refractivity (Wildman–Crippen MR) is 126 cm³/mol. The fourth-order valence-corrected chi connectivity index (χ4v) is 4.23. The summed E-state index contributed by atoms with van der Waals surface area (Å²) in [6.07, 6.45) is -16.0. The second-order valence-electron chi connectivity index (χ2n) is 9.07. The van der Waals surface area contributed by atoms with Gasteiger partial charge >= 0.3 is 35.8 Å². The van der Waals surface area contributed by atoms with E-state index in [0.717, 1.165) is 41.5 Å². The molecular formula is C24H34O17. The largest absolute Gasteiger partial charge is 0.463 e. The van der Waals surface area contributed by atoms with Crippen LogP contribution in [0.15, 0.2) is 0 Å². The van der Waals surface area contributed by atoms with E-state index >= 15 is 0 Å². The number of ether oxygens (including phenoxy) is 9. The highest BCUT2D eigenvalue weighted by Crippen LogP contribution is 2.34. The Kier molecular flexibility index (Phi) is 12.4. The maximum absolute atomic E-state index is 12.1. The van der Waals surface area contributed by atoms with E-state index in [1.165, 1.54) is 0 Å². The molecule has 4 unspecified atom stereocenters. The van der Waals surface area contributed by atoms with E-state index in [-0.39, 0.29) is 0 Å². The van der Waals surface area contributed by atoms with Crippen molar-refractivity contribution in [3.05, 3.63) is 0 Å². The topological polar surface area (TPSA) is 226 Å². The molecule has 2 N–H and O–H groups in total. The highest BCUT2D eigenvalue weighted by molar-refractivity contribution is 5.69. The number of aliphatic hydroxyl groups excluding tert-OH is 2. The van der Waals surface area contributed by atoms with Crippen LogP contribution in [0.3, 0.4) is 0 Å². The number of hydrogen-bond donors (Lipinski definition) is 2. The Labute approximate surface area is 234 Å². The third-order valence-corrected chi connectivity index (χ3v) is 5.62. The van der Waals surface area contributed by atoms with Crippen LogP contribution in [0.25, 0.3) is 0 Å². The first kappa shape index (κ1) is 33.8. The fraction of sp³-hybridized carbons (Fsp3) is 0.750. The molecule has 232 valence electrons. The number of aliphatic hydroxyl groups is 2. The Hall–Kier alpha value is -3.38. The number of hydrogen-bond acceptors (Lipinski definition) is 17. The molecule has 2 aliphatic heterocycles. The van der Waals surface area contributed by atoms with Gasteiger partial charge in [0.25, 0.3) is 0 Å². The van der Waals surface area contributed by atoms with Crippen molar-refractivity contribution in [3.63, 3.8) is 0 Å². The average Bonchev–Trinajstić information content (AvgIpc) is 2.83. The molecule has 10 atom stereocenters. The zero-order valence-corrected chi connectivity index (χ0v) is 23.2. The second-order valence-corrected chi connectivity index (χ2v) is 9.07. The van der Waals surface area contributed by atoms with Crippen LogP contribution in [0.1, 0.15) is 41.5 Å². The molecule has 41 heavy (non-hydrogen) atoms. The van der Waals surface area contributed by atoms with Gasteiger partial charge in [0.2, 0.25) is 12.4 Å². The van der Waals surface area contributed by atoms with Gasteiger partial charge in [-0.3, -0.25) is 28.8 Å². The van der Waals surface area contributed by atoms with Crippen molar-refractivity contribution in [1.82, 2.24) is 0 Å². The summed E-state index contributed by atoms with van der Waals surface area (Å²) in [5, 5.41) is 20.4. The standard InChI is InChI=1S/C24H34O17/c1-9(26)33-8-16-18(20(35-11(3)28)22(37-13(5)30)23(40-16)38-14(6)31)41-24-21(36-12(4)29)19(34-10(2)27)17(32)15(7-25)39-24/h15-25,32H,7-8H2,1-6H3/t15?,16?,17-,18-,19+,20+,21?,22?,23+,24-/m1/s1. The van der Waals surface area contributed by atoms with Crippen molar-refractivity contribution in [1.29, 1.82) is 0 Å². The Morgan fingerprint density at radius 1 is 0.561 bits per heavy atom. The van der Waals surface area contributed by atoms with Gasteiger partial charge in [0.1, 0.15) is 31.0 Å². The number of carbonyl (C=O) groups is 6. The van der Waals surface area contributed by atoms with Crippen LogP contribution in [0.4, 0.5) is 0 Å². The Morgan fingerprint density at radius 2 is 1.00 bits per heavy atom. The van der Waals surface area contributed by atoms with E-state index in [2.05, 4.69) is 0 Å². The summed E-state index contributed by atoms with van der Waals surface area (Å²) in [6, 6.07) is 0. The van der Waals surface area contributed by atoms with Gasteiger partial charge in [0.05, 0.1) is 6.61 Å². The molecule has 17 nitrogen and oxygen atoms in total. The smallest absolute Gasteiger partial charge is 0.305 e. The van der Waals surface area contributed by atoms with Gasteiger partial charge in [-0.1, -0.05) is 0 Å². The molecule has 0 spiro atoms. The van der Waals surface area contributed by atoms with Crippen molar-refractivity contribution in [2.75, 3.05) is 13.2 Å². The van der Waals surface area contributed by atoms with Crippen molar-refractivity contribution in [2.24, 2.45) is 0 Å². The number of rotatable bonds is 10. The quantitative estimate of drug-likeness (QED) is 0.206. The summed E-state index contributed by atoms with van der Waals surface area (Å²) in [5.74, 6) is -5.21. The third-order valence-electron chi connectivity index (χ3n) is 5.62. The molecule has 17 heteroatoms. The Morgan fingerprint density at radius 3 is 1.46 bits per heavy atom. The molecule has 2 aliphatic rings. The van der Waals surface area contributed by atoms with Gasteiger partial charge in [0.15, 0.2) is 24.6 Å². The maximum atomic E-state index is 12.1. The molecule has 2 heterocycles. The highest BCUT2D eigenvalue weighted by atomic mass is 16.8. The first-order valence-electron chi connectivity index (χ1n) is 12.4. The maximum Gasteiger partial charge on any atom is 0.305 e. The Balaban J connectivity index is 2.61. The van der Waals surface area contributed by atoms with Crippen molar-refractivity contribution in [2.45, 2.75) is 103 Å². The number of carbonyl (C=O) groups excluding carboxylic acids is 6. The highest BCUT2D eigenvalue weighted by Gasteiger charge is 2.56. The molecule has 2 rings (SSSR count). The molecule has 0 radical (unpaired) electrons. The minimum absolute atomic E-state index is 0.577. The van der Waals surface area contributed by atoms with Crippen LogP contribution < -0.4 is 0 Å². The lowest BCUT2D eigenvalue weighted by Crippen LogP contribution is -2.67. The SMILES string of the molecule is CC(=O)OCC1O[C@H](OC(C)=O)C(OC(C)=O)[C@@H](OC(C)=O)[C@@H]1O[C@H]1OC(CO)[C@@H](O)[C@H](OC(C)=O)C1OC(C)=O. The van der Waals surface area contributed by atoms with E-state index in [1.807, 2.05) is 0 Å². The monoisotopic (exact) mass is 594 g/mol. The van der Waals surface area contributed by atoms with Crippen molar-refractivity contribution < 1.29 is 81.6 Å². The molecule has 0 aromatic carbocycles. The van der Waals surface area contributed by atoms with Crippen LogP contribution in [0.5, 0.6) is 0 Å². The third kappa shape index (κ3) is 9.60. The fourth-order valence-electron chi connectivity index (χ4n) is 4.23. The first-order chi connectivity index (χ1) is 19.1. The second kappa shape index (κ2) is 15.0. The molecule has 0 bridgehead atoms. The van der Waals surface area contributed by atoms with Crippen molar-refractivity contribution in [3.8, 4) is 0 Å². The van der Waals surface area contributed by atoms with E-state index in [0.29, 0.717) is 0 Å². The van der Waals surface area contributed by atoms with Crippen LogP contribution in [-0.4, -0.2) is 121 Å². The van der Waals surface area contributed by atoms with Gasteiger partial charge < -0.3 is 52.8 Å². The number of esters is 6. The normalized spacial score (nSPS) is 33.1. The summed E-state index contributed by atoms with van der Waals surface area (Å²) in [6.45, 7) is 4.83. The van der Waals surface area contributed by atoms with Gasteiger partial charge in [0, 0.05) is 41.5 Å². The van der Waals surface area contributed by atoms with E-state index in [9.17, 15) is 39.0 Å². The Bertz CT molecular complexity index is 981. The molecule has 2 fully saturated rings. The molecule has 2 saturated heterocycles. The summed E-state index contributed by atoms with van der Waals surface area (Å²) in [7, 11) is 0. The van der Waals surface area contributed by atoms with Gasteiger partial charge in [-0.05, 0) is 0 Å². The van der Waals surface area contributed by atoms with E-state index in [4.69, 9.17) is 42.6 Å². The van der Waals surface area contributed by atoms with Crippen LogP contribution >= 0.6 is 0 Å². The zero-order valence-electron chi connectivity index (χ0n) is 23.2. The summed E-state index contributed by atoms with van der Waals surface area (Å²) < 4.78 is 48.6. The van der Waals surface area contributed by atoms with Crippen LogP contribution in [0, 0.1) is 0 Å². The summed E-state index contributed by atoms with van der Waals surface area (Å²) in [4.78, 5) is 71.2. The van der Waals surface area contributed by atoms with Crippen LogP contribution in [-0.2, 0) is 71.4 Å². The summed E-state index contributed by atoms with van der Waals surface area (Å²) >= 11 is 0. The van der Waals surface area contributed by atoms with Gasteiger partial charge in [-0.15, -0.1) is 0 Å². The first-order valence-corrected chi connectivity index (χ1v) is 12.4. The van der Waals surface area contributed by atoms with Gasteiger partial charge in [-0.2, -0.15) is 0 Å². The molecule has 0 aromatic heterocycles. The summed E-state index contributed by atoms with van der Waals surface area (Å²) in [5.41, 5.74) is 0. The lowest BCUT2D eigenvalue weighted by atomic mass is 9.96.